The lowest BCUT2D eigenvalue weighted by Crippen LogP contribution is -2.35. The zero-order chi connectivity index (χ0) is 10.5. The van der Waals surface area contributed by atoms with Crippen molar-refractivity contribution in [3.05, 3.63) is 0 Å². The number of rotatable bonds is 4. The average molecular weight is 206 g/mol. The quantitative estimate of drug-likeness (QED) is 0.703. The second-order valence-electron chi connectivity index (χ2n) is 4.30. The van der Waals surface area contributed by atoms with Gasteiger partial charge in [-0.15, -0.1) is 11.6 Å². The van der Waals surface area contributed by atoms with Crippen LogP contribution in [0.3, 0.4) is 0 Å². The molecular formula is C10H20ClNO. The third-order valence-electron chi connectivity index (χ3n) is 1.87. The third-order valence-corrected chi connectivity index (χ3v) is 2.39. The molecule has 3 heteroatoms. The number of halogens is 1. The van der Waals surface area contributed by atoms with Crippen LogP contribution in [-0.4, -0.2) is 17.8 Å². The Balaban J connectivity index is 3.60. The van der Waals surface area contributed by atoms with Gasteiger partial charge in [0, 0.05) is 17.3 Å². The highest BCUT2D eigenvalue weighted by Crippen LogP contribution is 2.12. The predicted molar refractivity (Wildman–Crippen MR) is 57.0 cm³/mol. The van der Waals surface area contributed by atoms with Crippen LogP contribution in [0.15, 0.2) is 0 Å². The standard InChI is InChI=1S/C10H20ClNO/c1-5-8(11)6-7-12-9(13)10(2,3)4/h8H,5-7H2,1-4H3,(H,12,13). The molecule has 0 rings (SSSR count). The van der Waals surface area contributed by atoms with Crippen LogP contribution in [0, 0.1) is 5.41 Å². The molecule has 0 saturated carbocycles. The molecule has 1 unspecified atom stereocenters. The lowest BCUT2D eigenvalue weighted by atomic mass is 9.96. The first-order chi connectivity index (χ1) is 5.88. The van der Waals surface area contributed by atoms with Crippen molar-refractivity contribution in [2.75, 3.05) is 6.54 Å². The van der Waals surface area contributed by atoms with Gasteiger partial charge >= 0.3 is 0 Å². The maximum atomic E-state index is 11.4. The van der Waals surface area contributed by atoms with Crippen LogP contribution in [0.2, 0.25) is 0 Å². The molecule has 1 atom stereocenters. The van der Waals surface area contributed by atoms with Gasteiger partial charge in [0.2, 0.25) is 5.91 Å². The second kappa shape index (κ2) is 5.48. The van der Waals surface area contributed by atoms with Crippen molar-refractivity contribution in [2.45, 2.75) is 45.9 Å². The first kappa shape index (κ1) is 12.8. The molecular weight excluding hydrogens is 186 g/mol. The molecule has 1 amide bonds. The molecule has 0 spiro atoms. The van der Waals surface area contributed by atoms with Crippen LogP contribution in [0.4, 0.5) is 0 Å². The summed E-state index contributed by atoms with van der Waals surface area (Å²) in [5, 5.41) is 3.05. The highest BCUT2D eigenvalue weighted by Gasteiger charge is 2.20. The maximum absolute atomic E-state index is 11.4. The van der Waals surface area contributed by atoms with Crippen molar-refractivity contribution in [3.8, 4) is 0 Å². The first-order valence-electron chi connectivity index (χ1n) is 4.80. The third kappa shape index (κ3) is 5.92. The number of hydrogen-bond acceptors (Lipinski definition) is 1. The molecule has 78 valence electrons. The van der Waals surface area contributed by atoms with Crippen LogP contribution < -0.4 is 5.32 Å². The molecule has 0 aromatic heterocycles. The molecule has 0 fully saturated rings. The summed E-state index contributed by atoms with van der Waals surface area (Å²) in [7, 11) is 0. The van der Waals surface area contributed by atoms with E-state index in [1.165, 1.54) is 0 Å². The van der Waals surface area contributed by atoms with Crippen LogP contribution in [0.1, 0.15) is 40.5 Å². The summed E-state index contributed by atoms with van der Waals surface area (Å²) in [5.41, 5.74) is -0.298. The first-order valence-corrected chi connectivity index (χ1v) is 5.24. The fourth-order valence-electron chi connectivity index (χ4n) is 0.812. The summed E-state index contributed by atoms with van der Waals surface area (Å²) in [6.07, 6.45) is 1.80. The lowest BCUT2D eigenvalue weighted by Gasteiger charge is -2.18. The van der Waals surface area contributed by atoms with Gasteiger partial charge in [-0.2, -0.15) is 0 Å². The van der Waals surface area contributed by atoms with Gasteiger partial charge < -0.3 is 5.32 Å². The molecule has 0 aliphatic carbocycles. The number of alkyl halides is 1. The van der Waals surface area contributed by atoms with E-state index in [9.17, 15) is 4.79 Å². The van der Waals surface area contributed by atoms with Crippen LogP contribution in [0.5, 0.6) is 0 Å². The van der Waals surface area contributed by atoms with Crippen LogP contribution in [-0.2, 0) is 4.79 Å². The van der Waals surface area contributed by atoms with Crippen molar-refractivity contribution in [3.63, 3.8) is 0 Å². The Morgan fingerprint density at radius 3 is 2.38 bits per heavy atom. The van der Waals surface area contributed by atoms with Crippen molar-refractivity contribution in [1.82, 2.24) is 5.32 Å². The van der Waals surface area contributed by atoms with Gasteiger partial charge in [0.05, 0.1) is 0 Å². The molecule has 2 nitrogen and oxygen atoms in total. The number of nitrogens with one attached hydrogen (secondary N) is 1. The summed E-state index contributed by atoms with van der Waals surface area (Å²) < 4.78 is 0. The molecule has 1 N–H and O–H groups in total. The fraction of sp³-hybridized carbons (Fsp3) is 0.900. The Bertz CT molecular complexity index is 163. The molecule has 13 heavy (non-hydrogen) atoms. The minimum absolute atomic E-state index is 0.0902. The van der Waals surface area contributed by atoms with Crippen molar-refractivity contribution < 1.29 is 4.79 Å². The number of carbonyl (C=O) groups is 1. The zero-order valence-corrected chi connectivity index (χ0v) is 9.74. The molecule has 0 aromatic rings. The maximum Gasteiger partial charge on any atom is 0.225 e. The van der Waals surface area contributed by atoms with E-state index in [1.54, 1.807) is 0 Å². The molecule has 0 heterocycles. The van der Waals surface area contributed by atoms with E-state index >= 15 is 0 Å². The zero-order valence-electron chi connectivity index (χ0n) is 8.98. The van der Waals surface area contributed by atoms with Crippen LogP contribution >= 0.6 is 11.6 Å². The Hall–Kier alpha value is -0.240. The smallest absolute Gasteiger partial charge is 0.225 e. The van der Waals surface area contributed by atoms with Crippen LogP contribution in [0.25, 0.3) is 0 Å². The second-order valence-corrected chi connectivity index (χ2v) is 4.92. The van der Waals surface area contributed by atoms with Gasteiger partial charge in [0.1, 0.15) is 0 Å². The Kier molecular flexibility index (Phi) is 5.38. The lowest BCUT2D eigenvalue weighted by molar-refractivity contribution is -0.128. The Labute approximate surface area is 86.0 Å². The van der Waals surface area contributed by atoms with E-state index < -0.39 is 0 Å². The molecule has 0 bridgehead atoms. The highest BCUT2D eigenvalue weighted by molar-refractivity contribution is 6.20. The summed E-state index contributed by atoms with van der Waals surface area (Å²) in [6.45, 7) is 8.43. The summed E-state index contributed by atoms with van der Waals surface area (Å²) in [4.78, 5) is 11.4. The monoisotopic (exact) mass is 205 g/mol. The molecule has 0 radical (unpaired) electrons. The van der Waals surface area contributed by atoms with Gasteiger partial charge in [-0.25, -0.2) is 0 Å². The minimum atomic E-state index is -0.298. The summed E-state index contributed by atoms with van der Waals surface area (Å²) >= 11 is 5.91. The average Bonchev–Trinajstić information content (AvgIpc) is 2.02. The van der Waals surface area contributed by atoms with E-state index in [2.05, 4.69) is 5.32 Å². The number of hydrogen-bond donors (Lipinski definition) is 1. The summed E-state index contributed by atoms with van der Waals surface area (Å²) in [5.74, 6) is 0.0902. The van der Waals surface area contributed by atoms with E-state index in [4.69, 9.17) is 11.6 Å². The molecule has 0 saturated heterocycles. The molecule has 0 aromatic carbocycles. The SMILES string of the molecule is CCC(Cl)CCNC(=O)C(C)(C)C. The fourth-order valence-corrected chi connectivity index (χ4v) is 0.921. The van der Waals surface area contributed by atoms with Gasteiger partial charge in [0.25, 0.3) is 0 Å². The summed E-state index contributed by atoms with van der Waals surface area (Å²) in [6, 6.07) is 0. The Morgan fingerprint density at radius 1 is 1.46 bits per heavy atom. The van der Waals surface area contributed by atoms with Gasteiger partial charge in [0.15, 0.2) is 0 Å². The highest BCUT2D eigenvalue weighted by atomic mass is 35.5. The van der Waals surface area contributed by atoms with Crippen molar-refractivity contribution >= 4 is 17.5 Å². The molecule has 0 aliphatic rings. The normalized spacial score (nSPS) is 13.9. The van der Waals surface area contributed by atoms with Crippen molar-refractivity contribution in [1.29, 1.82) is 0 Å². The minimum Gasteiger partial charge on any atom is -0.356 e. The number of amides is 1. The van der Waals surface area contributed by atoms with E-state index in [1.807, 2.05) is 27.7 Å². The largest absolute Gasteiger partial charge is 0.356 e. The molecule has 0 aliphatic heterocycles. The van der Waals surface area contributed by atoms with E-state index in [-0.39, 0.29) is 16.7 Å². The van der Waals surface area contributed by atoms with Crippen molar-refractivity contribution in [2.24, 2.45) is 5.41 Å². The van der Waals surface area contributed by atoms with Gasteiger partial charge in [-0.3, -0.25) is 4.79 Å². The van der Waals surface area contributed by atoms with E-state index in [0.717, 1.165) is 12.8 Å². The van der Waals surface area contributed by atoms with Gasteiger partial charge in [-0.05, 0) is 12.8 Å². The van der Waals surface area contributed by atoms with Gasteiger partial charge in [-0.1, -0.05) is 27.7 Å². The predicted octanol–water partition coefficient (Wildman–Crippen LogP) is 2.56. The Morgan fingerprint density at radius 2 is 2.00 bits per heavy atom. The topological polar surface area (TPSA) is 29.1 Å². The van der Waals surface area contributed by atoms with E-state index in [0.29, 0.717) is 6.54 Å². The number of carbonyl (C=O) groups excluding carboxylic acids is 1.